The van der Waals surface area contributed by atoms with Gasteiger partial charge in [0.05, 0.1) is 6.42 Å². The summed E-state index contributed by atoms with van der Waals surface area (Å²) in [6, 6.07) is 6.79. The molecule has 0 unspecified atom stereocenters. The molecule has 1 aromatic heterocycles. The van der Waals surface area contributed by atoms with Crippen molar-refractivity contribution >= 4 is 28.9 Å². The summed E-state index contributed by atoms with van der Waals surface area (Å²) < 4.78 is 30.9. The van der Waals surface area contributed by atoms with Gasteiger partial charge in [0, 0.05) is 16.6 Å². The number of hydrogen-bond acceptors (Lipinski definition) is 4. The molecule has 0 aliphatic rings. The topological polar surface area (TPSA) is 55.4 Å². The average Bonchev–Trinajstić information content (AvgIpc) is 3.02. The molecule has 0 spiro atoms. The van der Waals surface area contributed by atoms with Gasteiger partial charge in [0.25, 0.3) is 5.91 Å². The first-order valence-electron chi connectivity index (χ1n) is 6.93. The van der Waals surface area contributed by atoms with E-state index in [1.54, 1.807) is 11.3 Å². The minimum atomic E-state index is -1.07. The highest BCUT2D eigenvalue weighted by Gasteiger charge is 2.18. The number of nitrogens with one attached hydrogen (secondary N) is 1. The number of amides is 1. The molecule has 1 heterocycles. The third kappa shape index (κ3) is 5.14. The molecule has 0 aliphatic carbocycles. The monoisotopic (exact) mass is 339 g/mol. The van der Waals surface area contributed by atoms with Crippen molar-refractivity contribution in [2.45, 2.75) is 25.9 Å². The standard InChI is InChI=1S/C16H15F2NO3S/c1-10(22-15(20)7-5-12-3-2-8-23-12)16(21)19-11-4-6-13(17)14(18)9-11/h2-4,6,8-10H,5,7H2,1H3,(H,19,21)/t10-/m0/s1. The Morgan fingerprint density at radius 3 is 2.70 bits per heavy atom. The molecule has 1 amide bonds. The van der Waals surface area contributed by atoms with Gasteiger partial charge >= 0.3 is 5.97 Å². The van der Waals surface area contributed by atoms with E-state index in [-0.39, 0.29) is 12.1 Å². The van der Waals surface area contributed by atoms with E-state index in [0.29, 0.717) is 6.42 Å². The minimum Gasteiger partial charge on any atom is -0.453 e. The van der Waals surface area contributed by atoms with Gasteiger partial charge in [-0.2, -0.15) is 0 Å². The summed E-state index contributed by atoms with van der Waals surface area (Å²) in [7, 11) is 0. The molecule has 0 fully saturated rings. The summed E-state index contributed by atoms with van der Waals surface area (Å²) >= 11 is 1.54. The smallest absolute Gasteiger partial charge is 0.306 e. The Kier molecular flexibility index (Phi) is 5.81. The van der Waals surface area contributed by atoms with Crippen molar-refractivity contribution in [1.29, 1.82) is 0 Å². The zero-order chi connectivity index (χ0) is 16.8. The molecular formula is C16H15F2NO3S. The lowest BCUT2D eigenvalue weighted by molar-refractivity contribution is -0.153. The highest BCUT2D eigenvalue weighted by molar-refractivity contribution is 7.09. The van der Waals surface area contributed by atoms with Gasteiger partial charge in [-0.1, -0.05) is 6.07 Å². The van der Waals surface area contributed by atoms with Crippen LogP contribution in [0.5, 0.6) is 0 Å². The van der Waals surface area contributed by atoms with Gasteiger partial charge < -0.3 is 10.1 Å². The molecule has 1 N–H and O–H groups in total. The van der Waals surface area contributed by atoms with E-state index in [2.05, 4.69) is 5.32 Å². The molecule has 0 saturated carbocycles. The van der Waals surface area contributed by atoms with E-state index in [4.69, 9.17) is 4.74 Å². The second-order valence-electron chi connectivity index (χ2n) is 4.83. The van der Waals surface area contributed by atoms with E-state index in [1.165, 1.54) is 13.0 Å². The second-order valence-corrected chi connectivity index (χ2v) is 5.86. The minimum absolute atomic E-state index is 0.0929. The molecule has 0 radical (unpaired) electrons. The van der Waals surface area contributed by atoms with Crippen molar-refractivity contribution in [2.24, 2.45) is 0 Å². The van der Waals surface area contributed by atoms with Crippen LogP contribution in [-0.4, -0.2) is 18.0 Å². The fourth-order valence-electron chi connectivity index (χ4n) is 1.81. The second kappa shape index (κ2) is 7.82. The lowest BCUT2D eigenvalue weighted by atomic mass is 10.2. The van der Waals surface area contributed by atoms with Crippen LogP contribution in [0.2, 0.25) is 0 Å². The number of hydrogen-bond donors (Lipinski definition) is 1. The summed E-state index contributed by atoms with van der Waals surface area (Å²) in [5, 5.41) is 4.28. The zero-order valence-electron chi connectivity index (χ0n) is 12.3. The van der Waals surface area contributed by atoms with Crippen molar-refractivity contribution in [1.82, 2.24) is 0 Å². The summed E-state index contributed by atoms with van der Waals surface area (Å²) in [4.78, 5) is 24.6. The number of ether oxygens (including phenoxy) is 1. The molecule has 1 atom stereocenters. The molecule has 0 aliphatic heterocycles. The van der Waals surface area contributed by atoms with Crippen LogP contribution in [-0.2, 0) is 20.7 Å². The molecule has 0 bridgehead atoms. The lowest BCUT2D eigenvalue weighted by Gasteiger charge is -2.13. The number of benzene rings is 1. The fourth-order valence-corrected chi connectivity index (χ4v) is 2.52. The van der Waals surface area contributed by atoms with Crippen LogP contribution in [0, 0.1) is 11.6 Å². The van der Waals surface area contributed by atoms with E-state index < -0.39 is 29.6 Å². The Morgan fingerprint density at radius 2 is 2.04 bits per heavy atom. The van der Waals surface area contributed by atoms with Gasteiger partial charge in [0.2, 0.25) is 0 Å². The third-order valence-electron chi connectivity index (χ3n) is 3.02. The molecule has 4 nitrogen and oxygen atoms in total. The predicted molar refractivity (Wildman–Crippen MR) is 83.2 cm³/mol. The molecule has 23 heavy (non-hydrogen) atoms. The molecule has 0 saturated heterocycles. The van der Waals surface area contributed by atoms with Crippen molar-refractivity contribution in [2.75, 3.05) is 5.32 Å². The summed E-state index contributed by atoms with van der Waals surface area (Å²) in [6.45, 7) is 1.41. The number of halogens is 2. The average molecular weight is 339 g/mol. The van der Waals surface area contributed by atoms with E-state index in [1.807, 2.05) is 17.5 Å². The Labute approximate surface area is 136 Å². The molecule has 1 aromatic carbocycles. The molecule has 7 heteroatoms. The van der Waals surface area contributed by atoms with Crippen LogP contribution >= 0.6 is 11.3 Å². The summed E-state index contributed by atoms with van der Waals surface area (Å²) in [5.74, 6) is -3.17. The first kappa shape index (κ1) is 17.1. The van der Waals surface area contributed by atoms with Crippen LogP contribution in [0.15, 0.2) is 35.7 Å². The van der Waals surface area contributed by atoms with Crippen molar-refractivity contribution < 1.29 is 23.1 Å². The maximum Gasteiger partial charge on any atom is 0.306 e. The van der Waals surface area contributed by atoms with Crippen molar-refractivity contribution in [3.8, 4) is 0 Å². The molecular weight excluding hydrogens is 324 g/mol. The third-order valence-corrected chi connectivity index (χ3v) is 3.96. The molecule has 122 valence electrons. The Bertz CT molecular complexity index is 689. The quantitative estimate of drug-likeness (QED) is 0.819. The van der Waals surface area contributed by atoms with Crippen molar-refractivity contribution in [3.63, 3.8) is 0 Å². The Balaban J connectivity index is 1.81. The SMILES string of the molecule is C[C@H](OC(=O)CCc1cccs1)C(=O)Nc1ccc(F)c(F)c1. The molecule has 2 rings (SSSR count). The number of anilines is 1. The Hall–Kier alpha value is -2.28. The van der Waals surface area contributed by atoms with Crippen LogP contribution in [0.3, 0.4) is 0 Å². The van der Waals surface area contributed by atoms with Gasteiger partial charge in [-0.15, -0.1) is 11.3 Å². The highest BCUT2D eigenvalue weighted by atomic mass is 32.1. The van der Waals surface area contributed by atoms with Gasteiger partial charge in [-0.05, 0) is 36.9 Å². The van der Waals surface area contributed by atoms with E-state index in [0.717, 1.165) is 17.0 Å². The van der Waals surface area contributed by atoms with E-state index >= 15 is 0 Å². The Morgan fingerprint density at radius 1 is 1.26 bits per heavy atom. The van der Waals surface area contributed by atoms with Gasteiger partial charge in [-0.25, -0.2) is 8.78 Å². The normalized spacial score (nSPS) is 11.8. The first-order valence-corrected chi connectivity index (χ1v) is 7.81. The first-order chi connectivity index (χ1) is 11.0. The lowest BCUT2D eigenvalue weighted by Crippen LogP contribution is -2.30. The van der Waals surface area contributed by atoms with Crippen LogP contribution in [0.4, 0.5) is 14.5 Å². The maximum absolute atomic E-state index is 13.1. The van der Waals surface area contributed by atoms with Crippen molar-refractivity contribution in [3.05, 3.63) is 52.2 Å². The summed E-state index contributed by atoms with van der Waals surface area (Å²) in [5.41, 5.74) is 0.0929. The number of rotatable bonds is 6. The van der Waals surface area contributed by atoms with Gasteiger partial charge in [0.1, 0.15) is 0 Å². The largest absolute Gasteiger partial charge is 0.453 e. The van der Waals surface area contributed by atoms with E-state index in [9.17, 15) is 18.4 Å². The highest BCUT2D eigenvalue weighted by Crippen LogP contribution is 2.14. The number of aryl methyl sites for hydroxylation is 1. The van der Waals surface area contributed by atoms with Crippen LogP contribution in [0.1, 0.15) is 18.2 Å². The maximum atomic E-state index is 13.1. The zero-order valence-corrected chi connectivity index (χ0v) is 13.2. The number of esters is 1. The van der Waals surface area contributed by atoms with Gasteiger partial charge in [-0.3, -0.25) is 9.59 Å². The predicted octanol–water partition coefficient (Wildman–Crippen LogP) is 3.53. The number of carbonyl (C=O) groups excluding carboxylic acids is 2. The molecule has 2 aromatic rings. The number of carbonyl (C=O) groups is 2. The fraction of sp³-hybridized carbons (Fsp3) is 0.250. The van der Waals surface area contributed by atoms with Crippen LogP contribution < -0.4 is 5.32 Å². The van der Waals surface area contributed by atoms with Gasteiger partial charge in [0.15, 0.2) is 17.7 Å². The summed E-state index contributed by atoms with van der Waals surface area (Å²) in [6.07, 6.45) is -0.309. The number of thiophene rings is 1. The van der Waals surface area contributed by atoms with Crippen LogP contribution in [0.25, 0.3) is 0 Å².